The van der Waals surface area contributed by atoms with Crippen molar-refractivity contribution in [1.29, 1.82) is 0 Å². The van der Waals surface area contributed by atoms with Crippen LogP contribution in [0.5, 0.6) is 5.75 Å². The van der Waals surface area contributed by atoms with Gasteiger partial charge in [-0.05, 0) is 63.8 Å². The fourth-order valence-electron chi connectivity index (χ4n) is 2.75. The smallest absolute Gasteiger partial charge is 0.118 e. The van der Waals surface area contributed by atoms with Gasteiger partial charge in [0.15, 0.2) is 0 Å². The van der Waals surface area contributed by atoms with Gasteiger partial charge in [-0.15, -0.1) is 0 Å². The third kappa shape index (κ3) is 4.50. The number of aromatic hydroxyl groups is 1. The summed E-state index contributed by atoms with van der Waals surface area (Å²) in [5.41, 5.74) is 4.60. The van der Waals surface area contributed by atoms with Crippen molar-refractivity contribution in [3.63, 3.8) is 0 Å². The summed E-state index contributed by atoms with van der Waals surface area (Å²) >= 11 is 0. The van der Waals surface area contributed by atoms with E-state index in [-0.39, 0.29) is 0 Å². The lowest BCUT2D eigenvalue weighted by molar-refractivity contribution is 0.240. The van der Waals surface area contributed by atoms with Crippen molar-refractivity contribution < 1.29 is 5.11 Å². The zero-order chi connectivity index (χ0) is 15.4. The topological polar surface area (TPSA) is 35.5 Å². The number of nitrogens with one attached hydrogen (secondary N) is 1. The van der Waals surface area contributed by atoms with Crippen LogP contribution in [0.2, 0.25) is 0 Å². The van der Waals surface area contributed by atoms with Gasteiger partial charge in [-0.1, -0.05) is 11.6 Å². The fourth-order valence-corrected chi connectivity index (χ4v) is 2.75. The van der Waals surface area contributed by atoms with E-state index in [4.69, 9.17) is 0 Å². The zero-order valence-corrected chi connectivity index (χ0v) is 13.7. The first kappa shape index (κ1) is 15.9. The molecule has 2 N–H and O–H groups in total. The molecule has 116 valence electrons. The van der Waals surface area contributed by atoms with Crippen molar-refractivity contribution in [2.75, 3.05) is 25.0 Å². The van der Waals surface area contributed by atoms with Crippen LogP contribution >= 0.6 is 0 Å². The molecule has 21 heavy (non-hydrogen) atoms. The lowest BCUT2D eigenvalue weighted by Crippen LogP contribution is -2.39. The minimum absolute atomic E-state index is 0.384. The predicted molar refractivity (Wildman–Crippen MR) is 90.1 cm³/mol. The first-order valence-corrected chi connectivity index (χ1v) is 7.88. The van der Waals surface area contributed by atoms with Crippen molar-refractivity contribution >= 4 is 5.69 Å². The third-order valence-electron chi connectivity index (χ3n) is 4.25. The third-order valence-corrected chi connectivity index (χ3v) is 4.25. The molecule has 3 heteroatoms. The van der Waals surface area contributed by atoms with E-state index in [1.54, 1.807) is 0 Å². The normalized spacial score (nSPS) is 16.8. The maximum Gasteiger partial charge on any atom is 0.118 e. The number of anilines is 1. The van der Waals surface area contributed by atoms with Crippen LogP contribution in [0.1, 0.15) is 37.8 Å². The van der Waals surface area contributed by atoms with Crippen molar-refractivity contribution in [3.05, 3.63) is 34.9 Å². The molecule has 0 amide bonds. The number of nitrogens with zero attached hydrogens (tertiary/aromatic N) is 1. The molecule has 1 fully saturated rings. The molecule has 0 bridgehead atoms. The fraction of sp³-hybridized carbons (Fsp3) is 0.556. The van der Waals surface area contributed by atoms with Crippen LogP contribution in [0.15, 0.2) is 23.8 Å². The molecule has 0 radical (unpaired) electrons. The van der Waals surface area contributed by atoms with E-state index in [1.807, 2.05) is 19.9 Å². The molecule has 1 aliphatic heterocycles. The van der Waals surface area contributed by atoms with Gasteiger partial charge in [0.1, 0.15) is 5.75 Å². The van der Waals surface area contributed by atoms with E-state index < -0.39 is 0 Å². The Morgan fingerprint density at radius 2 is 1.90 bits per heavy atom. The van der Waals surface area contributed by atoms with E-state index in [2.05, 4.69) is 36.2 Å². The molecular weight excluding hydrogens is 260 g/mol. The van der Waals surface area contributed by atoms with Gasteiger partial charge in [0.05, 0.1) is 0 Å². The number of phenolic OH excluding ortho intramolecular Hbond substituents is 1. The summed E-state index contributed by atoms with van der Waals surface area (Å²) in [5.74, 6) is 0.384. The molecular formula is C18H28N2O. The average molecular weight is 288 g/mol. The highest BCUT2D eigenvalue weighted by Crippen LogP contribution is 2.26. The van der Waals surface area contributed by atoms with Crippen LogP contribution in [-0.4, -0.2) is 35.7 Å². The summed E-state index contributed by atoms with van der Waals surface area (Å²) in [5, 5.41) is 13.4. The summed E-state index contributed by atoms with van der Waals surface area (Å²) in [4.78, 5) is 2.51. The number of hydrogen-bond donors (Lipinski definition) is 2. The Kier molecular flexibility index (Phi) is 5.29. The summed E-state index contributed by atoms with van der Waals surface area (Å²) in [6.45, 7) is 11.7. The SMILES string of the molecule is CC(C)=CCN1CCC(Nc2cc(C)c(O)cc2C)CC1. The van der Waals surface area contributed by atoms with Gasteiger partial charge in [-0.25, -0.2) is 0 Å². The van der Waals surface area contributed by atoms with Crippen LogP contribution in [-0.2, 0) is 0 Å². The molecule has 0 unspecified atom stereocenters. The Balaban J connectivity index is 1.89. The summed E-state index contributed by atoms with van der Waals surface area (Å²) < 4.78 is 0. The molecule has 1 heterocycles. The second-order valence-electron chi connectivity index (χ2n) is 6.45. The number of aryl methyl sites for hydroxylation is 2. The lowest BCUT2D eigenvalue weighted by atomic mass is 10.0. The Hall–Kier alpha value is -1.48. The largest absolute Gasteiger partial charge is 0.508 e. The highest BCUT2D eigenvalue weighted by molar-refractivity contribution is 5.57. The molecule has 0 aliphatic carbocycles. The van der Waals surface area contributed by atoms with Crippen LogP contribution in [0.25, 0.3) is 0 Å². The lowest BCUT2D eigenvalue weighted by Gasteiger charge is -2.32. The number of hydrogen-bond acceptors (Lipinski definition) is 3. The van der Waals surface area contributed by atoms with Crippen molar-refractivity contribution in [2.45, 2.75) is 46.6 Å². The molecule has 2 rings (SSSR count). The second kappa shape index (κ2) is 6.99. The number of benzene rings is 1. The van der Waals surface area contributed by atoms with Crippen LogP contribution in [0.3, 0.4) is 0 Å². The van der Waals surface area contributed by atoms with E-state index in [1.165, 1.54) is 18.4 Å². The van der Waals surface area contributed by atoms with Crippen molar-refractivity contribution in [3.8, 4) is 5.75 Å². The standard InChI is InChI=1S/C18H28N2O/c1-13(2)5-8-20-9-6-16(7-10-20)19-17-11-15(4)18(21)12-14(17)3/h5,11-12,16,19,21H,6-10H2,1-4H3. The van der Waals surface area contributed by atoms with Crippen LogP contribution in [0, 0.1) is 13.8 Å². The Labute approximate surface area is 128 Å². The molecule has 0 saturated carbocycles. The molecule has 1 aliphatic rings. The first-order valence-electron chi connectivity index (χ1n) is 7.88. The number of phenols is 1. The highest BCUT2D eigenvalue weighted by atomic mass is 16.3. The van der Waals surface area contributed by atoms with Crippen LogP contribution < -0.4 is 5.32 Å². The summed E-state index contributed by atoms with van der Waals surface area (Å²) in [6, 6.07) is 4.44. The van der Waals surface area contributed by atoms with Gasteiger partial charge in [-0.3, -0.25) is 4.90 Å². The average Bonchev–Trinajstić information content (AvgIpc) is 2.44. The molecule has 0 aromatic heterocycles. The molecule has 1 aromatic carbocycles. The zero-order valence-electron chi connectivity index (χ0n) is 13.7. The quantitative estimate of drug-likeness (QED) is 0.652. The Bertz CT molecular complexity index is 510. The van der Waals surface area contributed by atoms with Gasteiger partial charge < -0.3 is 10.4 Å². The van der Waals surface area contributed by atoms with Gasteiger partial charge in [0, 0.05) is 31.4 Å². The second-order valence-corrected chi connectivity index (χ2v) is 6.45. The van der Waals surface area contributed by atoms with E-state index >= 15 is 0 Å². The minimum atomic E-state index is 0.384. The Morgan fingerprint density at radius 1 is 1.24 bits per heavy atom. The van der Waals surface area contributed by atoms with Gasteiger partial charge in [0.25, 0.3) is 0 Å². The maximum atomic E-state index is 9.73. The molecule has 1 saturated heterocycles. The number of likely N-dealkylation sites (tertiary alicyclic amines) is 1. The monoisotopic (exact) mass is 288 g/mol. The number of piperidine rings is 1. The molecule has 3 nitrogen and oxygen atoms in total. The Morgan fingerprint density at radius 3 is 2.52 bits per heavy atom. The summed E-state index contributed by atoms with van der Waals surface area (Å²) in [7, 11) is 0. The maximum absolute atomic E-state index is 9.73. The van der Waals surface area contributed by atoms with Gasteiger partial charge in [-0.2, -0.15) is 0 Å². The van der Waals surface area contributed by atoms with Crippen molar-refractivity contribution in [1.82, 2.24) is 4.90 Å². The van der Waals surface area contributed by atoms with E-state index in [9.17, 15) is 5.11 Å². The summed E-state index contributed by atoms with van der Waals surface area (Å²) in [6.07, 6.45) is 4.66. The molecule has 0 atom stereocenters. The van der Waals surface area contributed by atoms with Crippen molar-refractivity contribution in [2.24, 2.45) is 0 Å². The van der Waals surface area contributed by atoms with Gasteiger partial charge >= 0.3 is 0 Å². The predicted octanol–water partition coefficient (Wildman–Crippen LogP) is 3.85. The van der Waals surface area contributed by atoms with Crippen LogP contribution in [0.4, 0.5) is 5.69 Å². The minimum Gasteiger partial charge on any atom is -0.508 e. The molecule has 1 aromatic rings. The number of allylic oxidation sites excluding steroid dienone is 1. The highest BCUT2D eigenvalue weighted by Gasteiger charge is 2.19. The number of rotatable bonds is 4. The first-order chi connectivity index (χ1) is 9.95. The van der Waals surface area contributed by atoms with Gasteiger partial charge in [0.2, 0.25) is 0 Å². The van der Waals surface area contributed by atoms with E-state index in [0.29, 0.717) is 11.8 Å². The molecule has 0 spiro atoms. The van der Waals surface area contributed by atoms with E-state index in [0.717, 1.165) is 36.4 Å².